The summed E-state index contributed by atoms with van der Waals surface area (Å²) in [4.78, 5) is 29.4. The van der Waals surface area contributed by atoms with E-state index in [0.717, 1.165) is 95.5 Å². The van der Waals surface area contributed by atoms with Gasteiger partial charge in [-0.1, -0.05) is 18.2 Å². The number of aromatic nitrogens is 2. The Hall–Kier alpha value is -2.51. The molecule has 1 atom stereocenters. The summed E-state index contributed by atoms with van der Waals surface area (Å²) < 4.78 is 5.43. The molecule has 176 valence electrons. The van der Waals surface area contributed by atoms with Gasteiger partial charge in [-0.05, 0) is 55.4 Å². The summed E-state index contributed by atoms with van der Waals surface area (Å²) in [5.41, 5.74) is 6.31. The summed E-state index contributed by atoms with van der Waals surface area (Å²) in [6, 6.07) is 6.73. The first-order valence-electron chi connectivity index (χ1n) is 12.3. The summed E-state index contributed by atoms with van der Waals surface area (Å²) in [5, 5.41) is 0. The van der Waals surface area contributed by atoms with Crippen molar-refractivity contribution < 1.29 is 9.53 Å². The van der Waals surface area contributed by atoms with E-state index in [0.29, 0.717) is 5.91 Å². The molecule has 3 heterocycles. The van der Waals surface area contributed by atoms with E-state index in [1.165, 1.54) is 16.7 Å². The van der Waals surface area contributed by atoms with Crippen molar-refractivity contribution in [1.29, 1.82) is 0 Å². The number of carbonyl (C=O) groups excluding carboxylic acids is 1. The topological polar surface area (TPSA) is 61.8 Å². The molecule has 0 N–H and O–H groups in total. The van der Waals surface area contributed by atoms with Gasteiger partial charge in [-0.2, -0.15) is 0 Å². The number of carbonyl (C=O) groups is 1. The standard InChI is InChI=1S/C26H35N5O2/c1-19-3-4-21(15-20(19)2)18-29-7-9-30(10-8-29)25(32)22-5-6-24-23(16-22)17-27-26(28-24)31-11-13-33-14-12-31/h3-4,15,17,22H,5-14,16,18H2,1-2H3/t22-/m0/s1. The molecular weight excluding hydrogens is 414 g/mol. The molecule has 1 aliphatic carbocycles. The summed E-state index contributed by atoms with van der Waals surface area (Å²) in [6.07, 6.45) is 4.46. The maximum absolute atomic E-state index is 13.3. The Morgan fingerprint density at radius 3 is 2.61 bits per heavy atom. The van der Waals surface area contributed by atoms with E-state index in [-0.39, 0.29) is 5.92 Å². The van der Waals surface area contributed by atoms with E-state index in [4.69, 9.17) is 9.72 Å². The van der Waals surface area contributed by atoms with Gasteiger partial charge in [0.25, 0.3) is 0 Å². The maximum atomic E-state index is 13.3. The van der Waals surface area contributed by atoms with Crippen molar-refractivity contribution in [2.75, 3.05) is 57.4 Å². The van der Waals surface area contributed by atoms with Crippen LogP contribution < -0.4 is 4.90 Å². The SMILES string of the molecule is Cc1ccc(CN2CCN(C(=O)[C@H]3CCc4nc(N5CCOCC5)ncc4C3)CC2)cc1C. The number of anilines is 1. The Morgan fingerprint density at radius 2 is 1.85 bits per heavy atom. The number of ether oxygens (including phenoxy) is 1. The van der Waals surface area contributed by atoms with Crippen LogP contribution in [0.4, 0.5) is 5.95 Å². The molecule has 2 aromatic rings. The van der Waals surface area contributed by atoms with E-state index in [1.807, 2.05) is 6.20 Å². The van der Waals surface area contributed by atoms with Crippen molar-refractivity contribution >= 4 is 11.9 Å². The minimum atomic E-state index is 0.0571. The van der Waals surface area contributed by atoms with Crippen LogP contribution in [0.25, 0.3) is 0 Å². The first-order valence-corrected chi connectivity index (χ1v) is 12.3. The van der Waals surface area contributed by atoms with Gasteiger partial charge < -0.3 is 14.5 Å². The molecule has 2 fully saturated rings. The number of rotatable bonds is 4. The fourth-order valence-corrected chi connectivity index (χ4v) is 5.17. The number of morpholine rings is 1. The van der Waals surface area contributed by atoms with Crippen molar-refractivity contribution in [2.45, 2.75) is 39.7 Å². The second-order valence-corrected chi connectivity index (χ2v) is 9.70. The summed E-state index contributed by atoms with van der Waals surface area (Å²) >= 11 is 0. The Balaban J connectivity index is 1.15. The highest BCUT2D eigenvalue weighted by atomic mass is 16.5. The van der Waals surface area contributed by atoms with Crippen LogP contribution >= 0.6 is 0 Å². The average Bonchev–Trinajstić information content (AvgIpc) is 2.86. The van der Waals surface area contributed by atoms with Crippen molar-refractivity contribution in [3.05, 3.63) is 52.3 Å². The predicted octanol–water partition coefficient (Wildman–Crippen LogP) is 2.38. The zero-order chi connectivity index (χ0) is 22.8. The second kappa shape index (κ2) is 9.77. The molecule has 2 saturated heterocycles. The first kappa shape index (κ1) is 22.3. The highest BCUT2D eigenvalue weighted by molar-refractivity contribution is 5.79. The van der Waals surface area contributed by atoms with E-state index in [9.17, 15) is 4.79 Å². The molecule has 1 aromatic heterocycles. The minimum absolute atomic E-state index is 0.0571. The fraction of sp³-hybridized carbons (Fsp3) is 0.577. The highest BCUT2D eigenvalue weighted by Gasteiger charge is 2.31. The summed E-state index contributed by atoms with van der Waals surface area (Å²) in [5.74, 6) is 1.17. The second-order valence-electron chi connectivity index (χ2n) is 9.70. The number of nitrogens with zero attached hydrogens (tertiary/aromatic N) is 5. The van der Waals surface area contributed by atoms with E-state index in [1.54, 1.807) is 0 Å². The number of benzene rings is 1. The zero-order valence-corrected chi connectivity index (χ0v) is 19.9. The van der Waals surface area contributed by atoms with Crippen molar-refractivity contribution in [2.24, 2.45) is 5.92 Å². The molecule has 0 saturated carbocycles. The van der Waals surface area contributed by atoms with Crippen LogP contribution in [0.2, 0.25) is 0 Å². The number of hydrogen-bond donors (Lipinski definition) is 0. The molecule has 0 radical (unpaired) electrons. The van der Waals surface area contributed by atoms with Crippen molar-refractivity contribution in [3.63, 3.8) is 0 Å². The number of fused-ring (bicyclic) bond motifs is 1. The smallest absolute Gasteiger partial charge is 0.226 e. The molecule has 3 aliphatic rings. The van der Waals surface area contributed by atoms with Crippen molar-refractivity contribution in [3.8, 4) is 0 Å². The number of aryl methyl sites for hydroxylation is 3. The Kier molecular flexibility index (Phi) is 6.60. The number of piperazine rings is 1. The molecule has 1 amide bonds. The van der Waals surface area contributed by atoms with E-state index < -0.39 is 0 Å². The molecule has 33 heavy (non-hydrogen) atoms. The molecule has 0 bridgehead atoms. The minimum Gasteiger partial charge on any atom is -0.378 e. The molecule has 1 aromatic carbocycles. The Bertz CT molecular complexity index is 996. The third kappa shape index (κ3) is 5.04. The van der Waals surface area contributed by atoms with Crippen LogP contribution in [0.1, 0.15) is 34.4 Å². The lowest BCUT2D eigenvalue weighted by Gasteiger charge is -2.37. The van der Waals surface area contributed by atoms with Crippen LogP contribution in [0.5, 0.6) is 0 Å². The van der Waals surface area contributed by atoms with Crippen LogP contribution in [0.3, 0.4) is 0 Å². The Labute approximate surface area is 196 Å². The maximum Gasteiger partial charge on any atom is 0.226 e. The van der Waals surface area contributed by atoms with E-state index >= 15 is 0 Å². The van der Waals surface area contributed by atoms with Crippen molar-refractivity contribution in [1.82, 2.24) is 19.8 Å². The molecule has 5 rings (SSSR count). The van der Waals surface area contributed by atoms with Gasteiger partial charge in [0.15, 0.2) is 0 Å². The number of amides is 1. The molecule has 0 spiro atoms. The van der Waals surface area contributed by atoms with Crippen LogP contribution in [-0.2, 0) is 28.9 Å². The summed E-state index contributed by atoms with van der Waals surface area (Å²) in [7, 11) is 0. The number of hydrogen-bond acceptors (Lipinski definition) is 6. The van der Waals surface area contributed by atoms with Crippen LogP contribution in [0, 0.1) is 19.8 Å². The first-order chi connectivity index (χ1) is 16.1. The van der Waals surface area contributed by atoms with Gasteiger partial charge in [0.1, 0.15) is 0 Å². The third-order valence-electron chi connectivity index (χ3n) is 7.44. The molecule has 7 heteroatoms. The molecule has 0 unspecified atom stereocenters. The largest absolute Gasteiger partial charge is 0.378 e. The molecule has 7 nitrogen and oxygen atoms in total. The van der Waals surface area contributed by atoms with E-state index in [2.05, 4.69) is 51.7 Å². The lowest BCUT2D eigenvalue weighted by molar-refractivity contribution is -0.137. The predicted molar refractivity (Wildman–Crippen MR) is 128 cm³/mol. The van der Waals surface area contributed by atoms with Gasteiger partial charge in [-0.15, -0.1) is 0 Å². The lowest BCUT2D eigenvalue weighted by Crippen LogP contribution is -2.50. The van der Waals surface area contributed by atoms with Gasteiger partial charge in [0.05, 0.1) is 13.2 Å². The normalized spacial score (nSPS) is 21.7. The quantitative estimate of drug-likeness (QED) is 0.714. The van der Waals surface area contributed by atoms with Gasteiger partial charge in [0, 0.05) is 63.6 Å². The van der Waals surface area contributed by atoms with Gasteiger partial charge in [-0.3, -0.25) is 9.69 Å². The monoisotopic (exact) mass is 449 g/mol. The highest BCUT2D eigenvalue weighted by Crippen LogP contribution is 2.27. The van der Waals surface area contributed by atoms with Crippen LogP contribution in [0.15, 0.2) is 24.4 Å². The van der Waals surface area contributed by atoms with Gasteiger partial charge in [0.2, 0.25) is 11.9 Å². The molecule has 2 aliphatic heterocycles. The Morgan fingerprint density at radius 1 is 1.06 bits per heavy atom. The van der Waals surface area contributed by atoms with Gasteiger partial charge in [-0.25, -0.2) is 9.97 Å². The summed E-state index contributed by atoms with van der Waals surface area (Å²) in [6.45, 7) is 12.0. The lowest BCUT2D eigenvalue weighted by atomic mass is 9.86. The fourth-order valence-electron chi connectivity index (χ4n) is 5.17. The third-order valence-corrected chi connectivity index (χ3v) is 7.44. The van der Waals surface area contributed by atoms with Crippen LogP contribution in [-0.4, -0.2) is 78.2 Å². The van der Waals surface area contributed by atoms with Gasteiger partial charge >= 0.3 is 0 Å². The zero-order valence-electron chi connectivity index (χ0n) is 19.9. The average molecular weight is 450 g/mol. The molecular formula is C26H35N5O2.